The van der Waals surface area contributed by atoms with Gasteiger partial charge in [-0.2, -0.15) is 0 Å². The monoisotopic (exact) mass is 1130 g/mol. The Kier molecular flexibility index (Phi) is 70.2. The van der Waals surface area contributed by atoms with Crippen LogP contribution in [0.4, 0.5) is 0 Å². The minimum atomic E-state index is -0.662. The van der Waals surface area contributed by atoms with Crippen LogP contribution >= 0.6 is 0 Å². The molecule has 81 heavy (non-hydrogen) atoms. The van der Waals surface area contributed by atoms with Crippen LogP contribution in [0.2, 0.25) is 0 Å². The van der Waals surface area contributed by atoms with Gasteiger partial charge in [0.1, 0.15) is 0 Å². The fourth-order valence-corrected chi connectivity index (χ4v) is 11.5. The fraction of sp³-hybridized carbons (Fsp3) is 0.831. The molecule has 2 unspecified atom stereocenters. The Hall–Kier alpha value is -2.17. The smallest absolute Gasteiger partial charge is 0.220 e. The molecule has 0 fully saturated rings. The van der Waals surface area contributed by atoms with Gasteiger partial charge < -0.3 is 15.5 Å². The molecule has 0 bridgehead atoms. The van der Waals surface area contributed by atoms with Gasteiger partial charge >= 0.3 is 0 Å². The number of aliphatic hydroxyl groups is 2. The number of hydrogen-bond donors (Lipinski definition) is 3. The third-order valence-corrected chi connectivity index (χ3v) is 17.0. The number of hydrogen-bond acceptors (Lipinski definition) is 3. The number of nitrogens with one attached hydrogen (secondary N) is 1. The third kappa shape index (κ3) is 68.5. The van der Waals surface area contributed by atoms with E-state index < -0.39 is 12.1 Å². The van der Waals surface area contributed by atoms with Crippen molar-refractivity contribution in [2.45, 2.75) is 405 Å². The van der Waals surface area contributed by atoms with E-state index in [0.29, 0.717) is 12.8 Å². The highest BCUT2D eigenvalue weighted by Gasteiger charge is 2.20. The molecular formula is C77H143NO3. The molecule has 4 heteroatoms. The molecular weight excluding hydrogens is 987 g/mol. The average molecular weight is 1130 g/mol. The number of carbonyl (C=O) groups excluding carboxylic acids is 1. The van der Waals surface area contributed by atoms with Crippen LogP contribution in [-0.2, 0) is 4.79 Å². The zero-order chi connectivity index (χ0) is 58.4. The lowest BCUT2D eigenvalue weighted by Gasteiger charge is -2.22. The van der Waals surface area contributed by atoms with E-state index in [2.05, 4.69) is 92.1 Å². The summed E-state index contributed by atoms with van der Waals surface area (Å²) < 4.78 is 0. The Morgan fingerprint density at radius 2 is 0.543 bits per heavy atom. The van der Waals surface area contributed by atoms with E-state index in [-0.39, 0.29) is 12.5 Å². The zero-order valence-corrected chi connectivity index (χ0v) is 54.8. The van der Waals surface area contributed by atoms with Gasteiger partial charge in [0.15, 0.2) is 0 Å². The highest BCUT2D eigenvalue weighted by atomic mass is 16.3. The van der Waals surface area contributed by atoms with Crippen LogP contribution in [-0.4, -0.2) is 34.9 Å². The minimum absolute atomic E-state index is 0.0238. The van der Waals surface area contributed by atoms with Crippen molar-refractivity contribution in [2.24, 2.45) is 0 Å². The second-order valence-electron chi connectivity index (χ2n) is 25.0. The molecule has 0 aliphatic rings. The first kappa shape index (κ1) is 78.8. The maximum atomic E-state index is 12.6. The Labute approximate surface area is 508 Å². The highest BCUT2D eigenvalue weighted by molar-refractivity contribution is 5.76. The van der Waals surface area contributed by atoms with Crippen LogP contribution in [0.5, 0.6) is 0 Å². The number of carbonyl (C=O) groups is 1. The Morgan fingerprint density at radius 1 is 0.309 bits per heavy atom. The summed E-state index contributed by atoms with van der Waals surface area (Å²) in [6.07, 6.45) is 104. The largest absolute Gasteiger partial charge is 0.394 e. The van der Waals surface area contributed by atoms with Crippen LogP contribution < -0.4 is 5.32 Å². The summed E-state index contributed by atoms with van der Waals surface area (Å²) in [5, 5.41) is 23.5. The summed E-state index contributed by atoms with van der Waals surface area (Å²) in [5.41, 5.74) is 0. The van der Waals surface area contributed by atoms with E-state index in [4.69, 9.17) is 0 Å². The number of amides is 1. The summed E-state index contributed by atoms with van der Waals surface area (Å²) in [6, 6.07) is -0.538. The Morgan fingerprint density at radius 3 is 0.815 bits per heavy atom. The van der Waals surface area contributed by atoms with Crippen molar-refractivity contribution in [3.8, 4) is 0 Å². The summed E-state index contributed by atoms with van der Waals surface area (Å²) in [5.74, 6) is -0.0238. The summed E-state index contributed by atoms with van der Waals surface area (Å²) in [4.78, 5) is 12.6. The van der Waals surface area contributed by atoms with Crippen LogP contribution in [0.25, 0.3) is 0 Å². The van der Waals surface area contributed by atoms with Gasteiger partial charge in [-0.3, -0.25) is 4.79 Å². The first-order valence-electron chi connectivity index (χ1n) is 36.6. The molecule has 0 saturated heterocycles. The number of aliphatic hydroxyl groups excluding tert-OH is 2. The minimum Gasteiger partial charge on any atom is -0.394 e. The normalized spacial score (nSPS) is 13.1. The van der Waals surface area contributed by atoms with Gasteiger partial charge in [-0.05, 0) is 64.2 Å². The van der Waals surface area contributed by atoms with Crippen molar-refractivity contribution in [2.75, 3.05) is 6.61 Å². The number of unbranched alkanes of at least 4 members (excludes halogenated alkanes) is 49. The van der Waals surface area contributed by atoms with Gasteiger partial charge in [0, 0.05) is 6.42 Å². The second-order valence-corrected chi connectivity index (χ2v) is 25.0. The van der Waals surface area contributed by atoms with E-state index in [1.165, 1.54) is 302 Å². The van der Waals surface area contributed by atoms with Crippen molar-refractivity contribution in [1.29, 1.82) is 0 Å². The topological polar surface area (TPSA) is 69.6 Å². The molecule has 4 nitrogen and oxygen atoms in total. The van der Waals surface area contributed by atoms with Crippen molar-refractivity contribution >= 4 is 5.91 Å². The Bertz CT molecular complexity index is 1380. The van der Waals surface area contributed by atoms with E-state index in [9.17, 15) is 15.0 Å². The Balaban J connectivity index is 3.40. The second kappa shape index (κ2) is 72.1. The lowest BCUT2D eigenvalue weighted by molar-refractivity contribution is -0.123. The van der Waals surface area contributed by atoms with Gasteiger partial charge in [0.25, 0.3) is 0 Å². The van der Waals surface area contributed by atoms with E-state index in [1.54, 1.807) is 0 Å². The van der Waals surface area contributed by atoms with Crippen LogP contribution in [0.1, 0.15) is 393 Å². The molecule has 0 aliphatic heterocycles. The number of allylic oxidation sites excluding steroid dienone is 12. The molecule has 2 atom stereocenters. The maximum absolute atomic E-state index is 12.6. The van der Waals surface area contributed by atoms with Gasteiger partial charge in [0.05, 0.1) is 18.8 Å². The average Bonchev–Trinajstić information content (AvgIpc) is 3.47. The molecule has 0 heterocycles. The van der Waals surface area contributed by atoms with Crippen LogP contribution in [0.3, 0.4) is 0 Å². The summed E-state index contributed by atoms with van der Waals surface area (Å²) >= 11 is 0. The number of rotatable bonds is 68. The van der Waals surface area contributed by atoms with Gasteiger partial charge in [-0.25, -0.2) is 0 Å². The molecule has 0 aromatic rings. The van der Waals surface area contributed by atoms with Gasteiger partial charge in [-0.15, -0.1) is 0 Å². The molecule has 0 aliphatic carbocycles. The predicted octanol–water partition coefficient (Wildman–Crippen LogP) is 25.2. The quantitative estimate of drug-likeness (QED) is 0.0420. The first-order valence-corrected chi connectivity index (χ1v) is 36.6. The molecule has 0 aromatic heterocycles. The molecule has 0 rings (SSSR count). The summed E-state index contributed by atoms with van der Waals surface area (Å²) in [7, 11) is 0. The van der Waals surface area contributed by atoms with Gasteiger partial charge in [0.2, 0.25) is 5.91 Å². The van der Waals surface area contributed by atoms with Gasteiger partial charge in [-0.1, -0.05) is 395 Å². The molecule has 1 amide bonds. The van der Waals surface area contributed by atoms with E-state index in [0.717, 1.165) is 64.2 Å². The zero-order valence-electron chi connectivity index (χ0n) is 54.8. The molecule has 0 saturated carbocycles. The van der Waals surface area contributed by atoms with Crippen molar-refractivity contribution in [1.82, 2.24) is 5.32 Å². The standard InChI is InChI=1S/C77H143NO3/c1-3-5-7-9-11-13-15-17-19-21-23-25-27-29-31-33-34-35-36-37-38-39-40-41-42-43-44-45-47-49-51-53-55-57-59-61-63-65-67-69-71-73-77(81)78-75(74-79)76(80)72-70-68-66-64-62-60-58-56-54-52-50-48-46-32-30-28-26-24-22-20-18-16-14-12-10-8-6-4-2/h5,7,11,13,17,19,23,25,29,31,34-35,75-76,79-80H,3-4,6,8-10,12,14-16,18,20-22,24,26-28,30,32-33,36-74H2,1-2H3,(H,78,81)/b7-5-,13-11-,19-17-,25-23-,31-29-,35-34-. The SMILES string of the molecule is CC/C=C\C/C=C\C/C=C\C/C=C\C/C=C\C/C=C\CCCCCCCCCCCCCCCCCCCCCCCCC(=O)NC(CO)C(O)CCCCCCCCCCCCCCCCCCCCCCCCCCCCCC. The molecule has 474 valence electrons. The molecule has 3 N–H and O–H groups in total. The predicted molar refractivity (Wildman–Crippen MR) is 364 cm³/mol. The highest BCUT2D eigenvalue weighted by Crippen LogP contribution is 2.19. The molecule has 0 spiro atoms. The maximum Gasteiger partial charge on any atom is 0.220 e. The van der Waals surface area contributed by atoms with Crippen LogP contribution in [0, 0.1) is 0 Å². The fourth-order valence-electron chi connectivity index (χ4n) is 11.5. The van der Waals surface area contributed by atoms with E-state index >= 15 is 0 Å². The van der Waals surface area contributed by atoms with Crippen molar-refractivity contribution < 1.29 is 15.0 Å². The lowest BCUT2D eigenvalue weighted by atomic mass is 10.0. The van der Waals surface area contributed by atoms with Crippen LogP contribution in [0.15, 0.2) is 72.9 Å². The summed E-state index contributed by atoms with van der Waals surface area (Å²) in [6.45, 7) is 4.28. The lowest BCUT2D eigenvalue weighted by Crippen LogP contribution is -2.45. The van der Waals surface area contributed by atoms with E-state index in [1.807, 2.05) is 0 Å². The molecule has 0 aromatic carbocycles. The first-order chi connectivity index (χ1) is 40.2. The molecule has 0 radical (unpaired) electrons. The third-order valence-electron chi connectivity index (χ3n) is 17.0. The van der Waals surface area contributed by atoms with Crippen molar-refractivity contribution in [3.63, 3.8) is 0 Å². The van der Waals surface area contributed by atoms with Crippen molar-refractivity contribution in [3.05, 3.63) is 72.9 Å².